The predicted octanol–water partition coefficient (Wildman–Crippen LogP) is 4.00. The highest BCUT2D eigenvalue weighted by Crippen LogP contribution is 2.70. The summed E-state index contributed by atoms with van der Waals surface area (Å²) in [5, 5.41) is 9.71. The molecule has 0 aromatic heterocycles. The van der Waals surface area contributed by atoms with E-state index in [1.54, 1.807) is 0 Å². The predicted molar refractivity (Wildman–Crippen MR) is 70.7 cm³/mol. The Morgan fingerprint density at radius 2 is 1.59 bits per heavy atom. The van der Waals surface area contributed by atoms with E-state index in [2.05, 4.69) is 20.8 Å². The van der Waals surface area contributed by atoms with Gasteiger partial charge in [0.1, 0.15) is 0 Å². The van der Waals surface area contributed by atoms with E-state index >= 15 is 0 Å². The van der Waals surface area contributed by atoms with Crippen LogP contribution in [0.1, 0.15) is 65.7 Å². The summed E-state index contributed by atoms with van der Waals surface area (Å²) in [4.78, 5) is 0. The minimum Gasteiger partial charge on any atom is -0.393 e. The van der Waals surface area contributed by atoms with Gasteiger partial charge in [0.25, 0.3) is 0 Å². The Bertz CT molecular complexity index is 301. The maximum Gasteiger partial charge on any atom is 0.0540 e. The molecule has 3 aliphatic rings. The van der Waals surface area contributed by atoms with Gasteiger partial charge in [-0.2, -0.15) is 0 Å². The van der Waals surface area contributed by atoms with Crippen LogP contribution in [0.3, 0.4) is 0 Å². The number of aliphatic hydroxyl groups is 1. The molecule has 2 bridgehead atoms. The van der Waals surface area contributed by atoms with Crippen molar-refractivity contribution in [2.45, 2.75) is 71.8 Å². The topological polar surface area (TPSA) is 20.2 Å². The molecule has 3 rings (SSSR count). The third kappa shape index (κ3) is 1.54. The van der Waals surface area contributed by atoms with Crippen LogP contribution in [-0.2, 0) is 0 Å². The van der Waals surface area contributed by atoms with Gasteiger partial charge in [0.05, 0.1) is 6.10 Å². The molecule has 0 saturated heterocycles. The summed E-state index contributed by atoms with van der Waals surface area (Å²) in [6.07, 6.45) is 9.13. The van der Waals surface area contributed by atoms with Crippen LogP contribution in [0.15, 0.2) is 0 Å². The second-order valence-electron chi connectivity index (χ2n) is 7.72. The van der Waals surface area contributed by atoms with Gasteiger partial charge in [-0.05, 0) is 73.5 Å². The number of hydrogen-bond donors (Lipinski definition) is 1. The van der Waals surface area contributed by atoms with Crippen molar-refractivity contribution in [3.63, 3.8) is 0 Å². The average Bonchev–Trinajstić information content (AvgIpc) is 2.81. The Kier molecular flexibility index (Phi) is 2.63. The fraction of sp³-hybridized carbons (Fsp3) is 1.00. The number of rotatable bonds is 1. The average molecular weight is 236 g/mol. The van der Waals surface area contributed by atoms with Crippen LogP contribution >= 0.6 is 0 Å². The first-order valence-corrected chi connectivity index (χ1v) is 7.65. The third-order valence-electron chi connectivity index (χ3n) is 7.13. The zero-order valence-electron chi connectivity index (χ0n) is 11.7. The maximum atomic E-state index is 9.71. The van der Waals surface area contributed by atoms with Gasteiger partial charge in [0.15, 0.2) is 0 Å². The molecule has 3 unspecified atom stereocenters. The highest BCUT2D eigenvalue weighted by Gasteiger charge is 2.61. The van der Waals surface area contributed by atoms with Crippen LogP contribution in [-0.4, -0.2) is 11.2 Å². The van der Waals surface area contributed by atoms with E-state index in [4.69, 9.17) is 0 Å². The van der Waals surface area contributed by atoms with E-state index < -0.39 is 0 Å². The second-order valence-corrected chi connectivity index (χ2v) is 7.72. The van der Waals surface area contributed by atoms with Gasteiger partial charge in [-0.25, -0.2) is 0 Å². The highest BCUT2D eigenvalue weighted by atomic mass is 16.3. The van der Waals surface area contributed by atoms with Crippen molar-refractivity contribution in [1.29, 1.82) is 0 Å². The first-order chi connectivity index (χ1) is 7.97. The summed E-state index contributed by atoms with van der Waals surface area (Å²) >= 11 is 0. The van der Waals surface area contributed by atoms with Crippen molar-refractivity contribution in [2.24, 2.45) is 28.6 Å². The summed E-state index contributed by atoms with van der Waals surface area (Å²) in [5.41, 5.74) is 1.21. The Balaban J connectivity index is 1.82. The molecular formula is C16H28O. The van der Waals surface area contributed by atoms with Crippen molar-refractivity contribution < 1.29 is 5.11 Å². The molecule has 0 amide bonds. The first kappa shape index (κ1) is 12.0. The number of aliphatic hydroxyl groups excluding tert-OH is 1. The Labute approximate surface area is 106 Å². The molecule has 98 valence electrons. The van der Waals surface area contributed by atoms with Crippen LogP contribution in [0, 0.1) is 28.6 Å². The van der Waals surface area contributed by atoms with E-state index in [0.29, 0.717) is 10.8 Å². The van der Waals surface area contributed by atoms with Crippen LogP contribution < -0.4 is 0 Å². The zero-order chi connectivity index (χ0) is 12.3. The molecule has 0 radical (unpaired) electrons. The minimum absolute atomic E-state index is 0.00423. The SMILES string of the molecule is CC1C(C)(C)C2CCC1(C1CCC(O)CC1)C2. The van der Waals surface area contributed by atoms with Crippen molar-refractivity contribution in [3.05, 3.63) is 0 Å². The van der Waals surface area contributed by atoms with E-state index in [1.165, 1.54) is 32.1 Å². The molecule has 1 heteroatoms. The lowest BCUT2D eigenvalue weighted by molar-refractivity contribution is -0.00460. The number of fused-ring (bicyclic) bond motifs is 2. The van der Waals surface area contributed by atoms with Gasteiger partial charge in [-0.3, -0.25) is 0 Å². The van der Waals surface area contributed by atoms with Gasteiger partial charge in [0, 0.05) is 0 Å². The fourth-order valence-electron chi connectivity index (χ4n) is 5.60. The standard InChI is InChI=1S/C16H28O/c1-11-15(2,3)13-8-9-16(11,10-13)12-4-6-14(17)7-5-12/h11-14,17H,4-10H2,1-3H3. The fourth-order valence-corrected chi connectivity index (χ4v) is 5.60. The second kappa shape index (κ2) is 3.73. The van der Waals surface area contributed by atoms with Crippen LogP contribution in [0.2, 0.25) is 0 Å². The minimum atomic E-state index is 0.00423. The Hall–Kier alpha value is -0.0400. The molecular weight excluding hydrogens is 208 g/mol. The van der Waals surface area contributed by atoms with Crippen LogP contribution in [0.5, 0.6) is 0 Å². The summed E-state index contributed by atoms with van der Waals surface area (Å²) in [5.74, 6) is 2.77. The molecule has 0 aromatic carbocycles. The maximum absolute atomic E-state index is 9.71. The van der Waals surface area contributed by atoms with E-state index in [-0.39, 0.29) is 6.10 Å². The normalized spacial score (nSPS) is 52.9. The molecule has 0 spiro atoms. The molecule has 0 heterocycles. The molecule has 0 aromatic rings. The summed E-state index contributed by atoms with van der Waals surface area (Å²) in [6, 6.07) is 0. The van der Waals surface area contributed by atoms with Gasteiger partial charge in [-0.15, -0.1) is 0 Å². The molecule has 3 atom stereocenters. The van der Waals surface area contributed by atoms with Crippen LogP contribution in [0.25, 0.3) is 0 Å². The smallest absolute Gasteiger partial charge is 0.0540 e. The molecule has 17 heavy (non-hydrogen) atoms. The Morgan fingerprint density at radius 1 is 0.941 bits per heavy atom. The zero-order valence-corrected chi connectivity index (χ0v) is 11.7. The lowest BCUT2D eigenvalue weighted by Gasteiger charge is -2.48. The van der Waals surface area contributed by atoms with Gasteiger partial charge in [0.2, 0.25) is 0 Å². The van der Waals surface area contributed by atoms with Gasteiger partial charge < -0.3 is 5.11 Å². The Morgan fingerprint density at radius 3 is 2.12 bits per heavy atom. The first-order valence-electron chi connectivity index (χ1n) is 7.65. The quantitative estimate of drug-likeness (QED) is 0.729. The van der Waals surface area contributed by atoms with Crippen molar-refractivity contribution >= 4 is 0 Å². The summed E-state index contributed by atoms with van der Waals surface area (Å²) in [7, 11) is 0. The lowest BCUT2D eigenvalue weighted by atomic mass is 9.57. The van der Waals surface area contributed by atoms with Crippen molar-refractivity contribution in [1.82, 2.24) is 0 Å². The van der Waals surface area contributed by atoms with E-state index in [9.17, 15) is 5.11 Å². The highest BCUT2D eigenvalue weighted by molar-refractivity contribution is 5.11. The third-order valence-corrected chi connectivity index (χ3v) is 7.13. The lowest BCUT2D eigenvalue weighted by Crippen LogP contribution is -2.41. The van der Waals surface area contributed by atoms with Crippen molar-refractivity contribution in [2.75, 3.05) is 0 Å². The van der Waals surface area contributed by atoms with E-state index in [0.717, 1.165) is 30.6 Å². The summed E-state index contributed by atoms with van der Waals surface area (Å²) < 4.78 is 0. The van der Waals surface area contributed by atoms with E-state index in [1.807, 2.05) is 0 Å². The largest absolute Gasteiger partial charge is 0.393 e. The molecule has 0 aliphatic heterocycles. The molecule has 3 saturated carbocycles. The molecule has 3 aliphatic carbocycles. The number of hydrogen-bond acceptors (Lipinski definition) is 1. The van der Waals surface area contributed by atoms with Crippen molar-refractivity contribution in [3.8, 4) is 0 Å². The van der Waals surface area contributed by atoms with Gasteiger partial charge >= 0.3 is 0 Å². The summed E-state index contributed by atoms with van der Waals surface area (Å²) in [6.45, 7) is 7.52. The molecule has 1 nitrogen and oxygen atoms in total. The molecule has 1 N–H and O–H groups in total. The van der Waals surface area contributed by atoms with Gasteiger partial charge in [-0.1, -0.05) is 20.8 Å². The molecule has 3 fully saturated rings. The van der Waals surface area contributed by atoms with Crippen LogP contribution in [0.4, 0.5) is 0 Å². The monoisotopic (exact) mass is 236 g/mol.